The number of amides is 1. The van der Waals surface area contributed by atoms with Gasteiger partial charge in [-0.3, -0.25) is 9.59 Å². The van der Waals surface area contributed by atoms with Crippen LogP contribution in [0.2, 0.25) is 0 Å². The van der Waals surface area contributed by atoms with E-state index in [-0.39, 0.29) is 5.91 Å². The molecule has 2 aromatic heterocycles. The maximum absolute atomic E-state index is 12.3. The number of rotatable bonds is 3. The molecule has 1 aliphatic heterocycles. The largest absolute Gasteiger partial charge is 0.348 e. The van der Waals surface area contributed by atoms with Crippen molar-refractivity contribution < 1.29 is 9.59 Å². The Morgan fingerprint density at radius 3 is 2.48 bits per heavy atom. The fraction of sp³-hybridized carbons (Fsp3) is 0.286. The summed E-state index contributed by atoms with van der Waals surface area (Å²) in [5, 5.41) is 0. The van der Waals surface area contributed by atoms with E-state index in [9.17, 15) is 9.59 Å². The van der Waals surface area contributed by atoms with Crippen LogP contribution in [0.3, 0.4) is 0 Å². The molecule has 0 radical (unpaired) electrons. The van der Waals surface area contributed by atoms with Crippen LogP contribution in [0, 0.1) is 0 Å². The summed E-state index contributed by atoms with van der Waals surface area (Å²) in [6.45, 7) is 2.59. The van der Waals surface area contributed by atoms with Crippen molar-refractivity contribution in [1.29, 1.82) is 0 Å². The average molecular weight is 285 g/mol. The van der Waals surface area contributed by atoms with Crippen molar-refractivity contribution in [3.8, 4) is 0 Å². The van der Waals surface area contributed by atoms with E-state index in [2.05, 4.69) is 19.9 Å². The van der Waals surface area contributed by atoms with Gasteiger partial charge in [-0.05, 0) is 18.2 Å². The zero-order valence-electron chi connectivity index (χ0n) is 11.4. The van der Waals surface area contributed by atoms with Gasteiger partial charge in [0.2, 0.25) is 5.95 Å². The smallest absolute Gasteiger partial charge is 0.270 e. The van der Waals surface area contributed by atoms with E-state index in [1.807, 2.05) is 0 Å². The van der Waals surface area contributed by atoms with Crippen LogP contribution in [0.4, 0.5) is 5.95 Å². The molecule has 0 atom stereocenters. The molecule has 1 N–H and O–H groups in total. The van der Waals surface area contributed by atoms with Crippen molar-refractivity contribution in [2.75, 3.05) is 31.1 Å². The Hall–Kier alpha value is -2.70. The second-order valence-corrected chi connectivity index (χ2v) is 4.77. The highest BCUT2D eigenvalue weighted by Crippen LogP contribution is 2.12. The third kappa shape index (κ3) is 2.76. The Bertz CT molecular complexity index is 632. The number of aromatic nitrogens is 3. The highest BCUT2D eigenvalue weighted by atomic mass is 16.2. The average Bonchev–Trinajstić information content (AvgIpc) is 3.04. The summed E-state index contributed by atoms with van der Waals surface area (Å²) in [6.07, 6.45) is 4.11. The molecule has 1 aliphatic rings. The van der Waals surface area contributed by atoms with Crippen LogP contribution in [0.5, 0.6) is 0 Å². The highest BCUT2D eigenvalue weighted by Gasteiger charge is 2.24. The number of aldehydes is 1. The maximum Gasteiger partial charge on any atom is 0.270 e. The van der Waals surface area contributed by atoms with E-state index in [1.54, 1.807) is 35.5 Å². The predicted octanol–water partition coefficient (Wildman–Crippen LogP) is 0.580. The van der Waals surface area contributed by atoms with Crippen LogP contribution in [0.25, 0.3) is 0 Å². The number of hydrogen-bond acceptors (Lipinski definition) is 5. The topological polar surface area (TPSA) is 82.2 Å². The molecule has 3 heterocycles. The van der Waals surface area contributed by atoms with Gasteiger partial charge in [0, 0.05) is 38.6 Å². The fourth-order valence-corrected chi connectivity index (χ4v) is 2.34. The van der Waals surface area contributed by atoms with Crippen LogP contribution < -0.4 is 4.90 Å². The standard InChI is InChI=1S/C14H15N5O2/c20-10-11-2-3-12(17-11)13(21)18-6-8-19(9-7-18)14-15-4-1-5-16-14/h1-5,10,17H,6-9H2. The lowest BCUT2D eigenvalue weighted by Crippen LogP contribution is -2.49. The number of aromatic amines is 1. The summed E-state index contributed by atoms with van der Waals surface area (Å²) < 4.78 is 0. The summed E-state index contributed by atoms with van der Waals surface area (Å²) in [5.41, 5.74) is 0.858. The molecule has 1 amide bonds. The number of carbonyl (C=O) groups excluding carboxylic acids is 2. The first-order valence-corrected chi connectivity index (χ1v) is 6.73. The van der Waals surface area contributed by atoms with Gasteiger partial charge in [-0.2, -0.15) is 0 Å². The summed E-state index contributed by atoms with van der Waals surface area (Å²) >= 11 is 0. The second kappa shape index (κ2) is 5.74. The summed E-state index contributed by atoms with van der Waals surface area (Å²) in [7, 11) is 0. The first kappa shape index (κ1) is 13.3. The Labute approximate surface area is 121 Å². The Morgan fingerprint density at radius 1 is 1.14 bits per heavy atom. The lowest BCUT2D eigenvalue weighted by Gasteiger charge is -2.34. The van der Waals surface area contributed by atoms with Crippen LogP contribution in [0.15, 0.2) is 30.6 Å². The third-order valence-corrected chi connectivity index (χ3v) is 3.47. The molecular weight excluding hydrogens is 270 g/mol. The molecular formula is C14H15N5O2. The van der Waals surface area contributed by atoms with E-state index in [4.69, 9.17) is 0 Å². The van der Waals surface area contributed by atoms with E-state index in [0.717, 1.165) is 0 Å². The highest BCUT2D eigenvalue weighted by molar-refractivity contribution is 5.93. The van der Waals surface area contributed by atoms with Gasteiger partial charge in [-0.25, -0.2) is 9.97 Å². The van der Waals surface area contributed by atoms with E-state index < -0.39 is 0 Å². The lowest BCUT2D eigenvalue weighted by atomic mass is 10.3. The van der Waals surface area contributed by atoms with Crippen molar-refractivity contribution in [1.82, 2.24) is 19.9 Å². The molecule has 0 spiro atoms. The van der Waals surface area contributed by atoms with Gasteiger partial charge >= 0.3 is 0 Å². The number of hydrogen-bond donors (Lipinski definition) is 1. The Morgan fingerprint density at radius 2 is 1.86 bits per heavy atom. The van der Waals surface area contributed by atoms with Gasteiger partial charge in [0.1, 0.15) is 5.69 Å². The quantitative estimate of drug-likeness (QED) is 0.834. The maximum atomic E-state index is 12.3. The van der Waals surface area contributed by atoms with Crippen molar-refractivity contribution in [2.45, 2.75) is 0 Å². The second-order valence-electron chi connectivity index (χ2n) is 4.77. The van der Waals surface area contributed by atoms with Crippen molar-refractivity contribution in [3.05, 3.63) is 42.0 Å². The molecule has 7 heteroatoms. The third-order valence-electron chi connectivity index (χ3n) is 3.47. The van der Waals surface area contributed by atoms with Gasteiger partial charge < -0.3 is 14.8 Å². The fourth-order valence-electron chi connectivity index (χ4n) is 2.34. The minimum atomic E-state index is -0.0864. The van der Waals surface area contributed by atoms with E-state index in [1.165, 1.54) is 0 Å². The number of nitrogens with one attached hydrogen (secondary N) is 1. The Kier molecular flexibility index (Phi) is 3.63. The predicted molar refractivity (Wildman–Crippen MR) is 76.3 cm³/mol. The van der Waals surface area contributed by atoms with Crippen molar-refractivity contribution in [2.24, 2.45) is 0 Å². The first-order valence-electron chi connectivity index (χ1n) is 6.73. The minimum absolute atomic E-state index is 0.0864. The van der Waals surface area contributed by atoms with Gasteiger partial charge in [0.05, 0.1) is 5.69 Å². The Balaban J connectivity index is 1.63. The van der Waals surface area contributed by atoms with Crippen LogP contribution in [-0.2, 0) is 0 Å². The SMILES string of the molecule is O=Cc1ccc(C(=O)N2CCN(c3ncccn3)CC2)[nH]1. The number of piperazine rings is 1. The molecule has 0 aromatic carbocycles. The summed E-state index contributed by atoms with van der Waals surface area (Å²) in [5.74, 6) is 0.601. The zero-order valence-corrected chi connectivity index (χ0v) is 11.4. The molecule has 0 unspecified atom stereocenters. The monoisotopic (exact) mass is 285 g/mol. The molecule has 1 saturated heterocycles. The molecule has 108 valence electrons. The minimum Gasteiger partial charge on any atom is -0.348 e. The van der Waals surface area contributed by atoms with E-state index in [0.29, 0.717) is 49.8 Å². The van der Waals surface area contributed by atoms with Gasteiger partial charge in [-0.1, -0.05) is 0 Å². The van der Waals surface area contributed by atoms with Crippen LogP contribution in [0.1, 0.15) is 21.0 Å². The summed E-state index contributed by atoms with van der Waals surface area (Å²) in [4.78, 5) is 38.0. The normalized spacial score (nSPS) is 15.0. The van der Waals surface area contributed by atoms with Gasteiger partial charge in [0.15, 0.2) is 6.29 Å². The zero-order chi connectivity index (χ0) is 14.7. The van der Waals surface area contributed by atoms with E-state index >= 15 is 0 Å². The van der Waals surface area contributed by atoms with Crippen molar-refractivity contribution in [3.63, 3.8) is 0 Å². The molecule has 0 aliphatic carbocycles. The number of nitrogens with zero attached hydrogens (tertiary/aromatic N) is 4. The van der Waals surface area contributed by atoms with Gasteiger partial charge in [0.25, 0.3) is 5.91 Å². The molecule has 0 bridgehead atoms. The molecule has 21 heavy (non-hydrogen) atoms. The molecule has 2 aromatic rings. The molecule has 0 saturated carbocycles. The number of carbonyl (C=O) groups is 2. The first-order chi connectivity index (χ1) is 10.3. The van der Waals surface area contributed by atoms with Crippen LogP contribution >= 0.6 is 0 Å². The van der Waals surface area contributed by atoms with Crippen LogP contribution in [-0.4, -0.2) is 58.2 Å². The molecule has 7 nitrogen and oxygen atoms in total. The summed E-state index contributed by atoms with van der Waals surface area (Å²) in [6, 6.07) is 5.02. The molecule has 1 fully saturated rings. The number of anilines is 1. The lowest BCUT2D eigenvalue weighted by molar-refractivity contribution is 0.0741. The number of H-pyrrole nitrogens is 1. The molecule has 3 rings (SSSR count). The van der Waals surface area contributed by atoms with Gasteiger partial charge in [-0.15, -0.1) is 0 Å². The van der Waals surface area contributed by atoms with Crippen molar-refractivity contribution >= 4 is 18.1 Å².